The van der Waals surface area contributed by atoms with Gasteiger partial charge in [0.1, 0.15) is 6.23 Å². The first-order valence-corrected chi connectivity index (χ1v) is 3.66. The summed E-state index contributed by atoms with van der Waals surface area (Å²) in [4.78, 5) is 4.39. The van der Waals surface area contributed by atoms with Crippen molar-refractivity contribution in [3.8, 4) is 0 Å². The highest BCUT2D eigenvalue weighted by atomic mass is 16.5. The average Bonchev–Trinajstić information content (AvgIpc) is 1.88. The molecule has 0 N–H and O–H groups in total. The molecule has 0 spiro atoms. The summed E-state index contributed by atoms with van der Waals surface area (Å²) >= 11 is 0. The zero-order chi connectivity index (χ0) is 7.56. The third kappa shape index (κ3) is 1.94. The molecule has 1 atom stereocenters. The van der Waals surface area contributed by atoms with Crippen LogP contribution in [0.2, 0.25) is 0 Å². The van der Waals surface area contributed by atoms with Crippen LogP contribution >= 0.6 is 0 Å². The van der Waals surface area contributed by atoms with Gasteiger partial charge in [-0.3, -0.25) is 4.90 Å². The van der Waals surface area contributed by atoms with E-state index in [1.807, 2.05) is 14.1 Å². The van der Waals surface area contributed by atoms with Crippen LogP contribution in [0.15, 0.2) is 0 Å². The highest BCUT2D eigenvalue weighted by molar-refractivity contribution is 4.65. The summed E-state index contributed by atoms with van der Waals surface area (Å²) < 4.78 is 5.49. The van der Waals surface area contributed by atoms with Crippen LogP contribution in [0.5, 0.6) is 0 Å². The van der Waals surface area contributed by atoms with Crippen LogP contribution in [0, 0.1) is 0 Å². The monoisotopic (exact) mass is 144 g/mol. The molecule has 1 rings (SSSR count). The minimum absolute atomic E-state index is 0.291. The zero-order valence-corrected chi connectivity index (χ0v) is 7.00. The van der Waals surface area contributed by atoms with E-state index in [1.165, 1.54) is 0 Å². The molecule has 1 fully saturated rings. The van der Waals surface area contributed by atoms with E-state index in [-0.39, 0.29) is 0 Å². The van der Waals surface area contributed by atoms with E-state index in [0.717, 1.165) is 19.7 Å². The highest BCUT2D eigenvalue weighted by Gasteiger charge is 2.18. The van der Waals surface area contributed by atoms with Crippen molar-refractivity contribution < 1.29 is 4.74 Å². The summed E-state index contributed by atoms with van der Waals surface area (Å²) in [5.74, 6) is 0. The molecule has 0 aromatic rings. The van der Waals surface area contributed by atoms with Crippen LogP contribution in [0.25, 0.3) is 0 Å². The Morgan fingerprint density at radius 2 is 2.20 bits per heavy atom. The van der Waals surface area contributed by atoms with Gasteiger partial charge in [-0.15, -0.1) is 0 Å². The third-order valence-corrected chi connectivity index (χ3v) is 1.83. The molecule has 1 heterocycles. The third-order valence-electron chi connectivity index (χ3n) is 1.83. The molecule has 1 aliphatic rings. The van der Waals surface area contributed by atoms with E-state index in [4.69, 9.17) is 4.74 Å². The molecular formula is C7H16N2O. The molecule has 0 bridgehead atoms. The van der Waals surface area contributed by atoms with E-state index < -0.39 is 0 Å². The lowest BCUT2D eigenvalue weighted by Crippen LogP contribution is -2.46. The Kier molecular flexibility index (Phi) is 2.65. The summed E-state index contributed by atoms with van der Waals surface area (Å²) in [6.07, 6.45) is 0.291. The minimum atomic E-state index is 0.291. The van der Waals surface area contributed by atoms with Crippen LogP contribution in [0.1, 0.15) is 0 Å². The van der Waals surface area contributed by atoms with E-state index >= 15 is 0 Å². The number of rotatable bonds is 1. The maximum Gasteiger partial charge on any atom is 0.122 e. The van der Waals surface area contributed by atoms with Gasteiger partial charge in [-0.25, -0.2) is 0 Å². The van der Waals surface area contributed by atoms with Gasteiger partial charge in [0.15, 0.2) is 0 Å². The van der Waals surface area contributed by atoms with Gasteiger partial charge in [-0.05, 0) is 21.1 Å². The summed E-state index contributed by atoms with van der Waals surface area (Å²) in [7, 11) is 6.21. The highest BCUT2D eigenvalue weighted by Crippen LogP contribution is 2.03. The first-order chi connectivity index (χ1) is 4.70. The quantitative estimate of drug-likeness (QED) is 0.508. The van der Waals surface area contributed by atoms with Gasteiger partial charge in [0.25, 0.3) is 0 Å². The topological polar surface area (TPSA) is 15.7 Å². The van der Waals surface area contributed by atoms with E-state index in [2.05, 4.69) is 16.8 Å². The Labute approximate surface area is 62.6 Å². The fourth-order valence-electron chi connectivity index (χ4n) is 1.07. The molecule has 3 heteroatoms. The van der Waals surface area contributed by atoms with Crippen molar-refractivity contribution in [1.29, 1.82) is 0 Å². The predicted molar refractivity (Wildman–Crippen MR) is 40.9 cm³/mol. The van der Waals surface area contributed by atoms with Crippen molar-refractivity contribution in [2.45, 2.75) is 6.23 Å². The van der Waals surface area contributed by atoms with Gasteiger partial charge < -0.3 is 9.64 Å². The molecule has 0 aromatic heterocycles. The van der Waals surface area contributed by atoms with E-state index in [1.54, 1.807) is 0 Å². The average molecular weight is 144 g/mol. The Morgan fingerprint density at radius 1 is 1.50 bits per heavy atom. The van der Waals surface area contributed by atoms with Crippen molar-refractivity contribution in [3.05, 3.63) is 0 Å². The summed E-state index contributed by atoms with van der Waals surface area (Å²) in [6, 6.07) is 0. The Balaban J connectivity index is 2.32. The summed E-state index contributed by atoms with van der Waals surface area (Å²) in [5, 5.41) is 0. The van der Waals surface area contributed by atoms with Gasteiger partial charge in [-0.1, -0.05) is 0 Å². The molecule has 10 heavy (non-hydrogen) atoms. The second-order valence-corrected chi connectivity index (χ2v) is 3.05. The van der Waals surface area contributed by atoms with Gasteiger partial charge in [0.2, 0.25) is 0 Å². The number of hydrogen-bond donors (Lipinski definition) is 0. The maximum absolute atomic E-state index is 5.49. The number of likely N-dealkylation sites (N-methyl/N-ethyl adjacent to an activating group) is 2. The van der Waals surface area contributed by atoms with E-state index in [0.29, 0.717) is 6.23 Å². The summed E-state index contributed by atoms with van der Waals surface area (Å²) in [6.45, 7) is 2.94. The fraction of sp³-hybridized carbons (Fsp3) is 1.00. The number of ether oxygens (including phenoxy) is 1. The van der Waals surface area contributed by atoms with Gasteiger partial charge in [0, 0.05) is 13.1 Å². The molecule has 3 nitrogen and oxygen atoms in total. The second kappa shape index (κ2) is 3.32. The summed E-state index contributed by atoms with van der Waals surface area (Å²) in [5.41, 5.74) is 0. The molecule has 0 saturated carbocycles. The lowest BCUT2D eigenvalue weighted by atomic mass is 10.4. The van der Waals surface area contributed by atoms with Crippen LogP contribution in [-0.2, 0) is 4.74 Å². The van der Waals surface area contributed by atoms with Crippen molar-refractivity contribution in [2.75, 3.05) is 40.8 Å². The number of nitrogens with zero attached hydrogens (tertiary/aromatic N) is 2. The molecule has 1 saturated heterocycles. The zero-order valence-electron chi connectivity index (χ0n) is 7.00. The fourth-order valence-corrected chi connectivity index (χ4v) is 1.07. The smallest absolute Gasteiger partial charge is 0.122 e. The van der Waals surface area contributed by atoms with Crippen LogP contribution in [0.3, 0.4) is 0 Å². The lowest BCUT2D eigenvalue weighted by Gasteiger charge is -2.33. The largest absolute Gasteiger partial charge is 0.360 e. The normalized spacial score (nSPS) is 29.4. The first-order valence-electron chi connectivity index (χ1n) is 3.66. The number of hydrogen-bond acceptors (Lipinski definition) is 3. The predicted octanol–water partition coefficient (Wildman–Crippen LogP) is -0.164. The minimum Gasteiger partial charge on any atom is -0.360 e. The lowest BCUT2D eigenvalue weighted by molar-refractivity contribution is -0.0883. The first kappa shape index (κ1) is 7.98. The molecule has 0 aliphatic carbocycles. The Bertz CT molecular complexity index is 106. The SMILES string of the molecule is CN1CCOC(N(C)C)C1. The van der Waals surface area contributed by atoms with Crippen LogP contribution in [0.4, 0.5) is 0 Å². The van der Waals surface area contributed by atoms with Gasteiger partial charge >= 0.3 is 0 Å². The standard InChI is InChI=1S/C7H16N2O/c1-8(2)7-6-9(3)4-5-10-7/h7H,4-6H2,1-3H3. The van der Waals surface area contributed by atoms with Crippen LogP contribution in [-0.4, -0.2) is 56.9 Å². The molecule has 0 aromatic carbocycles. The second-order valence-electron chi connectivity index (χ2n) is 3.05. The molecular weight excluding hydrogens is 128 g/mol. The molecule has 1 unspecified atom stereocenters. The van der Waals surface area contributed by atoms with Crippen molar-refractivity contribution in [3.63, 3.8) is 0 Å². The van der Waals surface area contributed by atoms with Gasteiger partial charge in [0.05, 0.1) is 6.61 Å². The van der Waals surface area contributed by atoms with Crippen molar-refractivity contribution in [1.82, 2.24) is 9.80 Å². The Morgan fingerprint density at radius 3 is 2.60 bits per heavy atom. The van der Waals surface area contributed by atoms with Crippen molar-refractivity contribution in [2.24, 2.45) is 0 Å². The maximum atomic E-state index is 5.49. The van der Waals surface area contributed by atoms with Crippen molar-refractivity contribution >= 4 is 0 Å². The van der Waals surface area contributed by atoms with Crippen LogP contribution < -0.4 is 0 Å². The molecule has 0 amide bonds. The van der Waals surface area contributed by atoms with Gasteiger partial charge in [-0.2, -0.15) is 0 Å². The number of morpholine rings is 1. The molecule has 1 aliphatic heterocycles. The molecule has 60 valence electrons. The Hall–Kier alpha value is -0.120. The van der Waals surface area contributed by atoms with E-state index in [9.17, 15) is 0 Å². The molecule has 0 radical (unpaired) electrons.